The van der Waals surface area contributed by atoms with Crippen LogP contribution in [0.1, 0.15) is 20.3 Å². The number of ether oxygens (including phenoxy) is 1. The van der Waals surface area contributed by atoms with Gasteiger partial charge in [-0.15, -0.1) is 0 Å². The number of hydrogen-bond donors (Lipinski definition) is 0. The summed E-state index contributed by atoms with van der Waals surface area (Å²) in [6.45, 7) is 4.00. The summed E-state index contributed by atoms with van der Waals surface area (Å²) in [4.78, 5) is 11.4. The van der Waals surface area contributed by atoms with Gasteiger partial charge in [0.25, 0.3) is 7.37 Å². The summed E-state index contributed by atoms with van der Waals surface area (Å²) in [7, 11) is -1.78. The highest BCUT2D eigenvalue weighted by molar-refractivity contribution is 7.67. The quantitative estimate of drug-likeness (QED) is 0.623. The van der Waals surface area contributed by atoms with E-state index >= 15 is 0 Å². The minimum absolute atomic E-state index is 0.0737. The van der Waals surface area contributed by atoms with Crippen molar-refractivity contribution in [3.63, 3.8) is 0 Å². The maximum Gasteiger partial charge on any atom is 0.306 e. The summed E-state index contributed by atoms with van der Waals surface area (Å²) in [5, 5.41) is 0.674. The van der Waals surface area contributed by atoms with Crippen molar-refractivity contribution < 1.29 is 18.6 Å². The Balaban J connectivity index is 0.000000924. The van der Waals surface area contributed by atoms with Crippen molar-refractivity contribution in [1.82, 2.24) is 0 Å². The molecule has 0 aromatic heterocycles. The maximum absolute atomic E-state index is 13.2. The van der Waals surface area contributed by atoms with Gasteiger partial charge in [0.15, 0.2) is 0 Å². The molecule has 0 fully saturated rings. The van der Waals surface area contributed by atoms with Crippen LogP contribution in [0.2, 0.25) is 0 Å². The zero-order chi connectivity index (χ0) is 16.9. The van der Waals surface area contributed by atoms with Crippen LogP contribution in [-0.4, -0.2) is 19.2 Å². The van der Waals surface area contributed by atoms with Crippen LogP contribution in [0.15, 0.2) is 48.5 Å². The molecule has 2 aromatic carbocycles. The largest absolute Gasteiger partial charge is 0.469 e. The number of benzene rings is 2. The first-order valence-corrected chi connectivity index (χ1v) is 9.49. The molecule has 0 amide bonds. The number of esters is 1. The van der Waals surface area contributed by atoms with Gasteiger partial charge in [-0.3, -0.25) is 9.36 Å². The third-order valence-electron chi connectivity index (χ3n) is 3.53. The van der Waals surface area contributed by atoms with E-state index in [0.29, 0.717) is 11.1 Å². The number of para-hydroxylation sites is 1. The molecule has 0 N–H and O–H groups in total. The maximum atomic E-state index is 13.2. The molecule has 0 spiro atoms. The first-order valence-electron chi connectivity index (χ1n) is 7.68. The summed E-state index contributed by atoms with van der Waals surface area (Å²) in [5.74, 6) is 0.217. The summed E-state index contributed by atoms with van der Waals surface area (Å²) >= 11 is 0. The van der Waals surface area contributed by atoms with Gasteiger partial charge in [-0.25, -0.2) is 0 Å². The van der Waals surface area contributed by atoms with Gasteiger partial charge >= 0.3 is 5.97 Å². The van der Waals surface area contributed by atoms with E-state index in [4.69, 9.17) is 4.52 Å². The number of fused-ring (bicyclic) bond motifs is 3. The lowest BCUT2D eigenvalue weighted by Gasteiger charge is -2.28. The normalized spacial score (nSPS) is 17.7. The molecule has 0 bridgehead atoms. The monoisotopic (exact) mass is 332 g/mol. The Kier molecular flexibility index (Phi) is 5.62. The van der Waals surface area contributed by atoms with Crippen LogP contribution in [0.3, 0.4) is 0 Å². The Morgan fingerprint density at radius 2 is 1.65 bits per heavy atom. The van der Waals surface area contributed by atoms with Crippen LogP contribution < -0.4 is 9.83 Å². The number of methoxy groups -OCH3 is 1. The van der Waals surface area contributed by atoms with Gasteiger partial charge in [0, 0.05) is 11.7 Å². The third-order valence-corrected chi connectivity index (χ3v) is 5.96. The van der Waals surface area contributed by atoms with E-state index in [9.17, 15) is 9.36 Å². The molecule has 0 aliphatic carbocycles. The van der Waals surface area contributed by atoms with E-state index in [1.807, 2.05) is 56.3 Å². The molecule has 1 aliphatic rings. The molecule has 1 atom stereocenters. The molecule has 2 aromatic rings. The molecule has 4 nitrogen and oxygen atoms in total. The minimum atomic E-state index is -3.10. The van der Waals surface area contributed by atoms with Crippen molar-refractivity contribution in [3.8, 4) is 16.9 Å². The number of rotatable bonds is 3. The molecule has 1 heterocycles. The van der Waals surface area contributed by atoms with Crippen molar-refractivity contribution in [1.29, 1.82) is 0 Å². The number of hydrogen-bond acceptors (Lipinski definition) is 4. The average Bonchev–Trinajstić information content (AvgIpc) is 2.62. The van der Waals surface area contributed by atoms with Gasteiger partial charge in [0.05, 0.1) is 18.8 Å². The van der Waals surface area contributed by atoms with Gasteiger partial charge in [-0.2, -0.15) is 0 Å². The second-order valence-corrected chi connectivity index (χ2v) is 7.29. The molecular formula is C18H21O4P. The molecule has 122 valence electrons. The summed E-state index contributed by atoms with van der Waals surface area (Å²) in [6, 6.07) is 15.0. The molecule has 23 heavy (non-hydrogen) atoms. The Labute approximate surface area is 136 Å². The highest BCUT2D eigenvalue weighted by Gasteiger charge is 2.35. The van der Waals surface area contributed by atoms with Crippen LogP contribution >= 0.6 is 7.37 Å². The highest BCUT2D eigenvalue weighted by Crippen LogP contribution is 2.54. The molecule has 5 heteroatoms. The lowest BCUT2D eigenvalue weighted by atomic mass is 10.0. The van der Waals surface area contributed by atoms with Gasteiger partial charge in [-0.1, -0.05) is 50.2 Å². The van der Waals surface area contributed by atoms with Crippen molar-refractivity contribution in [3.05, 3.63) is 48.5 Å². The first-order chi connectivity index (χ1) is 11.1. The third kappa shape index (κ3) is 3.48. The van der Waals surface area contributed by atoms with Crippen LogP contribution in [0.4, 0.5) is 0 Å². The Morgan fingerprint density at radius 3 is 2.35 bits per heavy atom. The van der Waals surface area contributed by atoms with E-state index in [2.05, 4.69) is 4.74 Å². The lowest BCUT2D eigenvalue weighted by Crippen LogP contribution is -2.21. The molecule has 0 radical (unpaired) electrons. The topological polar surface area (TPSA) is 52.6 Å². The molecule has 0 saturated carbocycles. The summed E-state index contributed by atoms with van der Waals surface area (Å²) < 4.78 is 23.6. The molecular weight excluding hydrogens is 311 g/mol. The van der Waals surface area contributed by atoms with Crippen LogP contribution in [0.25, 0.3) is 11.1 Å². The molecule has 1 unspecified atom stereocenters. The van der Waals surface area contributed by atoms with E-state index in [-0.39, 0.29) is 18.6 Å². The van der Waals surface area contributed by atoms with Crippen molar-refractivity contribution in [2.45, 2.75) is 20.3 Å². The van der Waals surface area contributed by atoms with Crippen molar-refractivity contribution in [2.75, 3.05) is 13.3 Å². The van der Waals surface area contributed by atoms with Gasteiger partial charge in [0.1, 0.15) is 5.75 Å². The van der Waals surface area contributed by atoms with Crippen molar-refractivity contribution in [2.24, 2.45) is 0 Å². The fourth-order valence-electron chi connectivity index (χ4n) is 2.48. The Hall–Kier alpha value is -2.06. The molecule has 0 saturated heterocycles. The van der Waals surface area contributed by atoms with Crippen molar-refractivity contribution >= 4 is 18.6 Å². The summed E-state index contributed by atoms with van der Waals surface area (Å²) in [5.41, 5.74) is 1.84. The molecule has 1 aliphatic heterocycles. The minimum Gasteiger partial charge on any atom is -0.469 e. The number of carbonyl (C=O) groups excluding carboxylic acids is 1. The highest BCUT2D eigenvalue weighted by atomic mass is 31.2. The smallest absolute Gasteiger partial charge is 0.306 e. The number of carbonyl (C=O) groups is 1. The predicted molar refractivity (Wildman–Crippen MR) is 92.6 cm³/mol. The second-order valence-electron chi connectivity index (χ2n) is 4.83. The molecule has 3 rings (SSSR count). The average molecular weight is 332 g/mol. The van der Waals surface area contributed by atoms with E-state index in [1.54, 1.807) is 6.07 Å². The van der Waals surface area contributed by atoms with Gasteiger partial charge in [0.2, 0.25) is 0 Å². The fraction of sp³-hybridized carbons (Fsp3) is 0.278. The van der Waals surface area contributed by atoms with E-state index < -0.39 is 7.37 Å². The first kappa shape index (κ1) is 17.3. The standard InChI is InChI=1S/C16H15O4P.C2H6/c1-19-16(17)10-11-21(18)15-9-5-3-7-13(15)12-6-2-4-8-14(12)20-21;1-2/h2-9H,10-11H2,1H3;1-2H3. The SMILES string of the molecule is CC.COC(=O)CCP1(=O)Oc2ccccc2-c2ccccc21. The fourth-order valence-corrected chi connectivity index (χ4v) is 4.74. The lowest BCUT2D eigenvalue weighted by molar-refractivity contribution is -0.140. The zero-order valence-corrected chi connectivity index (χ0v) is 14.5. The van der Waals surface area contributed by atoms with Gasteiger partial charge in [-0.05, 0) is 17.7 Å². The zero-order valence-electron chi connectivity index (χ0n) is 13.6. The van der Waals surface area contributed by atoms with E-state index in [1.165, 1.54) is 7.11 Å². The predicted octanol–water partition coefficient (Wildman–Crippen LogP) is 4.24. The van der Waals surface area contributed by atoms with Crippen LogP contribution in [-0.2, 0) is 14.1 Å². The van der Waals surface area contributed by atoms with Gasteiger partial charge < -0.3 is 9.26 Å². The summed E-state index contributed by atoms with van der Waals surface area (Å²) in [6.07, 6.45) is 0.218. The Morgan fingerprint density at radius 1 is 1.04 bits per heavy atom. The van der Waals surface area contributed by atoms with Crippen LogP contribution in [0, 0.1) is 0 Å². The van der Waals surface area contributed by atoms with Crippen LogP contribution in [0.5, 0.6) is 5.75 Å². The van der Waals surface area contributed by atoms with E-state index in [0.717, 1.165) is 11.1 Å². The Bertz CT molecular complexity index is 739. The second kappa shape index (κ2) is 7.47.